The van der Waals surface area contributed by atoms with Gasteiger partial charge in [0.2, 0.25) is 0 Å². The van der Waals surface area contributed by atoms with Crippen molar-refractivity contribution in [2.45, 2.75) is 51.6 Å². The highest BCUT2D eigenvalue weighted by molar-refractivity contribution is 6.13. The maximum Gasteiger partial charge on any atom is 0.317 e. The average molecular weight is 425 g/mol. The minimum absolute atomic E-state index is 0.0395. The first-order chi connectivity index (χ1) is 14.7. The average Bonchev–Trinajstić information content (AvgIpc) is 2.75. The molecule has 9 heteroatoms. The number of nitrogens with one attached hydrogen (secondary N) is 2. The summed E-state index contributed by atoms with van der Waals surface area (Å²) in [5, 5.41) is 20.3. The van der Waals surface area contributed by atoms with E-state index >= 15 is 0 Å². The number of nitrogens with zero attached hydrogens (tertiary/aromatic N) is 6. The summed E-state index contributed by atoms with van der Waals surface area (Å²) >= 11 is 0. The van der Waals surface area contributed by atoms with E-state index in [2.05, 4.69) is 30.4 Å². The predicted molar refractivity (Wildman–Crippen MR) is 124 cm³/mol. The molecule has 2 aromatic rings. The van der Waals surface area contributed by atoms with Crippen molar-refractivity contribution in [2.75, 3.05) is 32.1 Å². The summed E-state index contributed by atoms with van der Waals surface area (Å²) in [4.78, 5) is 25.4. The Labute approximate surface area is 183 Å². The Hall–Kier alpha value is -3.10. The largest absolute Gasteiger partial charge is 0.354 e. The van der Waals surface area contributed by atoms with Gasteiger partial charge in [-0.05, 0) is 45.7 Å². The number of hydrogen-bond acceptors (Lipinski definition) is 7. The number of pyridine rings is 1. The predicted octanol–water partition coefficient (Wildman–Crippen LogP) is 2.89. The van der Waals surface area contributed by atoms with E-state index in [0.717, 1.165) is 42.7 Å². The SMILES string of the molecule is CN=C(CC=N)c1nnc(N2CCC(N(C)C(=O)NC(C)(C)C)CC2)c2cccnc12. The molecule has 166 valence electrons. The van der Waals surface area contributed by atoms with Crippen molar-refractivity contribution in [1.82, 2.24) is 25.4 Å². The molecule has 2 aromatic heterocycles. The van der Waals surface area contributed by atoms with Gasteiger partial charge in [0.15, 0.2) is 5.82 Å². The van der Waals surface area contributed by atoms with Crippen LogP contribution in [0.5, 0.6) is 0 Å². The summed E-state index contributed by atoms with van der Waals surface area (Å²) in [7, 11) is 3.56. The standard InChI is InChI=1S/C22H32N8O/c1-22(2,3)26-21(31)29(5)15-9-13-30(14-10-15)20-16-7-6-12-25-18(16)19(27-28-20)17(24-4)8-11-23/h6-7,11-12,15,23H,8-10,13-14H2,1-5H3,(H,26,31). The number of hydrogen-bond donors (Lipinski definition) is 2. The Kier molecular flexibility index (Phi) is 6.82. The molecule has 0 aromatic carbocycles. The number of urea groups is 1. The summed E-state index contributed by atoms with van der Waals surface area (Å²) in [5.74, 6) is 0.803. The summed E-state index contributed by atoms with van der Waals surface area (Å²) in [6.45, 7) is 7.52. The van der Waals surface area contributed by atoms with Crippen LogP contribution < -0.4 is 10.2 Å². The van der Waals surface area contributed by atoms with Gasteiger partial charge in [0, 0.05) is 63.0 Å². The number of aliphatic imine (C=N–C) groups is 1. The molecule has 0 radical (unpaired) electrons. The summed E-state index contributed by atoms with van der Waals surface area (Å²) < 4.78 is 0. The molecule has 0 unspecified atom stereocenters. The van der Waals surface area contributed by atoms with Crippen LogP contribution in [0.1, 0.15) is 45.7 Å². The third kappa shape index (κ3) is 5.15. The van der Waals surface area contributed by atoms with Crippen molar-refractivity contribution < 1.29 is 4.79 Å². The van der Waals surface area contributed by atoms with E-state index < -0.39 is 0 Å². The van der Waals surface area contributed by atoms with Crippen LogP contribution in [0, 0.1) is 5.41 Å². The molecule has 0 saturated carbocycles. The first-order valence-corrected chi connectivity index (χ1v) is 10.6. The molecule has 1 fully saturated rings. The first-order valence-electron chi connectivity index (χ1n) is 10.6. The molecule has 2 N–H and O–H groups in total. The number of fused-ring (bicyclic) bond motifs is 1. The Balaban J connectivity index is 1.79. The van der Waals surface area contributed by atoms with Gasteiger partial charge < -0.3 is 20.5 Å². The monoisotopic (exact) mass is 424 g/mol. The van der Waals surface area contributed by atoms with Gasteiger partial charge in [-0.3, -0.25) is 9.98 Å². The number of carbonyl (C=O) groups excluding carboxylic acids is 1. The number of amides is 2. The Morgan fingerprint density at radius 2 is 2.06 bits per heavy atom. The second-order valence-corrected chi connectivity index (χ2v) is 8.86. The van der Waals surface area contributed by atoms with Gasteiger partial charge in [-0.2, -0.15) is 0 Å². The fraction of sp³-hybridized carbons (Fsp3) is 0.545. The van der Waals surface area contributed by atoms with Gasteiger partial charge in [-0.1, -0.05) is 0 Å². The molecular weight excluding hydrogens is 392 g/mol. The van der Waals surface area contributed by atoms with Crippen molar-refractivity contribution in [3.63, 3.8) is 0 Å². The third-order valence-electron chi connectivity index (χ3n) is 5.47. The molecule has 0 bridgehead atoms. The Morgan fingerprint density at radius 3 is 2.68 bits per heavy atom. The van der Waals surface area contributed by atoms with E-state index in [9.17, 15) is 4.79 Å². The van der Waals surface area contributed by atoms with Crippen LogP contribution in [-0.4, -0.2) is 76.8 Å². The minimum Gasteiger partial charge on any atom is -0.354 e. The fourth-order valence-corrected chi connectivity index (χ4v) is 3.83. The Morgan fingerprint density at radius 1 is 1.35 bits per heavy atom. The quantitative estimate of drug-likeness (QED) is 0.717. The fourth-order valence-electron chi connectivity index (χ4n) is 3.83. The number of carbonyl (C=O) groups is 1. The van der Waals surface area contributed by atoms with Gasteiger partial charge in [0.05, 0.1) is 5.71 Å². The molecule has 0 spiro atoms. The van der Waals surface area contributed by atoms with Crippen molar-refractivity contribution in [2.24, 2.45) is 4.99 Å². The molecule has 2 amide bonds. The number of aromatic nitrogens is 3. The second kappa shape index (κ2) is 9.36. The van der Waals surface area contributed by atoms with E-state index in [1.807, 2.05) is 44.9 Å². The van der Waals surface area contributed by atoms with Crippen molar-refractivity contribution >= 4 is 34.7 Å². The lowest BCUT2D eigenvalue weighted by Gasteiger charge is -2.38. The zero-order chi connectivity index (χ0) is 22.6. The van der Waals surface area contributed by atoms with Gasteiger partial charge in [-0.15, -0.1) is 10.2 Å². The maximum atomic E-state index is 12.5. The second-order valence-electron chi connectivity index (χ2n) is 8.86. The van der Waals surface area contributed by atoms with E-state index in [1.54, 1.807) is 13.2 Å². The molecule has 9 nitrogen and oxygen atoms in total. The molecule has 1 aliphatic rings. The molecule has 31 heavy (non-hydrogen) atoms. The molecule has 3 rings (SSSR count). The third-order valence-corrected chi connectivity index (χ3v) is 5.47. The summed E-state index contributed by atoms with van der Waals surface area (Å²) in [6, 6.07) is 4.04. The highest BCUT2D eigenvalue weighted by atomic mass is 16.2. The zero-order valence-electron chi connectivity index (χ0n) is 19.0. The molecule has 0 aliphatic carbocycles. The van der Waals surface area contributed by atoms with Crippen molar-refractivity contribution in [3.05, 3.63) is 24.0 Å². The number of rotatable bonds is 5. The smallest absolute Gasteiger partial charge is 0.317 e. The van der Waals surface area contributed by atoms with Crippen LogP contribution in [-0.2, 0) is 0 Å². The zero-order valence-corrected chi connectivity index (χ0v) is 19.0. The molecule has 0 atom stereocenters. The van der Waals surface area contributed by atoms with Crippen LogP contribution in [0.2, 0.25) is 0 Å². The van der Waals surface area contributed by atoms with E-state index in [-0.39, 0.29) is 17.6 Å². The lowest BCUT2D eigenvalue weighted by atomic mass is 10.0. The van der Waals surface area contributed by atoms with E-state index in [0.29, 0.717) is 17.8 Å². The van der Waals surface area contributed by atoms with Gasteiger partial charge in [-0.25, -0.2) is 4.79 Å². The highest BCUT2D eigenvalue weighted by Crippen LogP contribution is 2.28. The van der Waals surface area contributed by atoms with E-state index in [1.165, 1.54) is 6.21 Å². The highest BCUT2D eigenvalue weighted by Gasteiger charge is 2.29. The Bertz CT molecular complexity index is 973. The first kappa shape index (κ1) is 22.6. The topological polar surface area (TPSA) is 110 Å². The molecule has 1 saturated heterocycles. The van der Waals surface area contributed by atoms with Crippen LogP contribution in [0.25, 0.3) is 10.9 Å². The van der Waals surface area contributed by atoms with Crippen LogP contribution in [0.4, 0.5) is 10.6 Å². The molecule has 3 heterocycles. The van der Waals surface area contributed by atoms with Crippen LogP contribution in [0.3, 0.4) is 0 Å². The van der Waals surface area contributed by atoms with Crippen LogP contribution in [0.15, 0.2) is 23.3 Å². The van der Waals surface area contributed by atoms with Crippen molar-refractivity contribution in [1.29, 1.82) is 5.41 Å². The molecular formula is C22H32N8O. The van der Waals surface area contributed by atoms with Crippen LogP contribution >= 0.6 is 0 Å². The normalized spacial score (nSPS) is 15.8. The molecule has 1 aliphatic heterocycles. The van der Waals surface area contributed by atoms with Gasteiger partial charge in [0.1, 0.15) is 11.2 Å². The number of anilines is 1. The summed E-state index contributed by atoms with van der Waals surface area (Å²) in [5.41, 5.74) is 1.81. The minimum atomic E-state index is -0.256. The van der Waals surface area contributed by atoms with Gasteiger partial charge in [0.25, 0.3) is 0 Å². The number of piperidine rings is 1. The maximum absolute atomic E-state index is 12.5. The summed E-state index contributed by atoms with van der Waals surface area (Å²) in [6.07, 6.45) is 5.15. The van der Waals surface area contributed by atoms with Gasteiger partial charge >= 0.3 is 6.03 Å². The lowest BCUT2D eigenvalue weighted by molar-refractivity contribution is 0.171. The lowest BCUT2D eigenvalue weighted by Crippen LogP contribution is -2.53. The van der Waals surface area contributed by atoms with Crippen molar-refractivity contribution in [3.8, 4) is 0 Å². The van der Waals surface area contributed by atoms with E-state index in [4.69, 9.17) is 5.41 Å².